The first-order valence-electron chi connectivity index (χ1n) is 5.78. The van der Waals surface area contributed by atoms with Crippen molar-refractivity contribution >= 4 is 0 Å². The molecule has 0 aliphatic rings. The zero-order chi connectivity index (χ0) is 13.6. The first-order chi connectivity index (χ1) is 8.38. The van der Waals surface area contributed by atoms with Crippen molar-refractivity contribution in [1.82, 2.24) is 9.55 Å². The molecule has 0 saturated heterocycles. The number of ether oxygens (including phenoxy) is 1. The molecular weight excluding hydrogens is 247 g/mol. The largest absolute Gasteiger partial charge is 0.411 e. The van der Waals surface area contributed by atoms with Crippen molar-refractivity contribution in [2.75, 3.05) is 13.2 Å². The van der Waals surface area contributed by atoms with Gasteiger partial charge in [-0.2, -0.15) is 13.2 Å². The van der Waals surface area contributed by atoms with Gasteiger partial charge in [-0.25, -0.2) is 4.98 Å². The molecule has 0 amide bonds. The fourth-order valence-corrected chi connectivity index (χ4v) is 1.55. The minimum atomic E-state index is -4.25. The molecule has 0 radical (unpaired) electrons. The summed E-state index contributed by atoms with van der Waals surface area (Å²) in [5.41, 5.74) is 5.67. The maximum absolute atomic E-state index is 11.8. The van der Waals surface area contributed by atoms with Crippen LogP contribution in [0.1, 0.15) is 19.2 Å². The van der Waals surface area contributed by atoms with Crippen LogP contribution in [0.25, 0.3) is 0 Å². The number of halogens is 3. The summed E-state index contributed by atoms with van der Waals surface area (Å²) in [5.74, 6) is 0.848. The second kappa shape index (κ2) is 6.75. The summed E-state index contributed by atoms with van der Waals surface area (Å²) < 4.78 is 41.9. The van der Waals surface area contributed by atoms with Gasteiger partial charge in [0.1, 0.15) is 12.4 Å². The molecule has 0 aliphatic carbocycles. The highest BCUT2D eigenvalue weighted by molar-refractivity contribution is 4.94. The molecule has 1 aromatic heterocycles. The zero-order valence-electron chi connectivity index (χ0n) is 10.3. The molecule has 1 heterocycles. The summed E-state index contributed by atoms with van der Waals surface area (Å²) in [6.07, 6.45) is 0.361. The fourth-order valence-electron chi connectivity index (χ4n) is 1.55. The van der Waals surface area contributed by atoms with Crippen molar-refractivity contribution < 1.29 is 17.9 Å². The van der Waals surface area contributed by atoms with Gasteiger partial charge in [0.05, 0.1) is 0 Å². The van der Waals surface area contributed by atoms with Crippen molar-refractivity contribution in [3.05, 3.63) is 18.2 Å². The Labute approximate surface area is 104 Å². The van der Waals surface area contributed by atoms with Gasteiger partial charge in [-0.3, -0.25) is 0 Å². The highest BCUT2D eigenvalue weighted by Gasteiger charge is 2.27. The summed E-state index contributed by atoms with van der Waals surface area (Å²) in [7, 11) is 0. The van der Waals surface area contributed by atoms with Crippen molar-refractivity contribution in [1.29, 1.82) is 0 Å². The number of nitrogens with two attached hydrogens (primary N) is 1. The third-order valence-electron chi connectivity index (χ3n) is 2.26. The van der Waals surface area contributed by atoms with Crippen LogP contribution in [0.5, 0.6) is 0 Å². The number of hydrogen-bond acceptors (Lipinski definition) is 3. The van der Waals surface area contributed by atoms with Crippen LogP contribution in [-0.4, -0.2) is 35.0 Å². The summed E-state index contributed by atoms with van der Waals surface area (Å²) in [4.78, 5) is 4.16. The van der Waals surface area contributed by atoms with Crippen LogP contribution in [0.3, 0.4) is 0 Å². The Morgan fingerprint density at radius 2 is 2.22 bits per heavy atom. The predicted molar refractivity (Wildman–Crippen MR) is 61.1 cm³/mol. The van der Waals surface area contributed by atoms with Crippen LogP contribution >= 0.6 is 0 Å². The van der Waals surface area contributed by atoms with Crippen LogP contribution in [-0.2, 0) is 17.7 Å². The smallest absolute Gasteiger partial charge is 0.372 e. The molecule has 0 aromatic carbocycles. The molecule has 0 spiro atoms. The average Bonchev–Trinajstić information content (AvgIpc) is 2.62. The van der Waals surface area contributed by atoms with Crippen LogP contribution in [0.15, 0.2) is 12.4 Å². The molecule has 0 fully saturated rings. The number of hydrogen-bond donors (Lipinski definition) is 1. The molecule has 4 nitrogen and oxygen atoms in total. The van der Waals surface area contributed by atoms with Gasteiger partial charge >= 0.3 is 6.18 Å². The Bertz CT molecular complexity index is 350. The number of imidazole rings is 1. The molecule has 1 rings (SSSR count). The standard InChI is InChI=1S/C11H18F3N3O/c1-9(15)7-10-16-3-5-17(10)4-2-6-18-8-11(12,13)14/h3,5,9H,2,4,6-8,15H2,1H3. The number of alkyl halides is 3. The number of aryl methyl sites for hydroxylation is 1. The fraction of sp³-hybridized carbons (Fsp3) is 0.727. The van der Waals surface area contributed by atoms with Gasteiger partial charge in [0.25, 0.3) is 0 Å². The minimum absolute atomic E-state index is 0.00706. The molecule has 1 unspecified atom stereocenters. The van der Waals surface area contributed by atoms with E-state index in [1.165, 1.54) is 0 Å². The summed E-state index contributed by atoms with van der Waals surface area (Å²) in [5, 5.41) is 0. The lowest BCUT2D eigenvalue weighted by atomic mass is 10.2. The van der Waals surface area contributed by atoms with Crippen molar-refractivity contribution in [3.63, 3.8) is 0 Å². The van der Waals surface area contributed by atoms with Gasteiger partial charge in [0.15, 0.2) is 0 Å². The maximum Gasteiger partial charge on any atom is 0.411 e. The highest BCUT2D eigenvalue weighted by atomic mass is 19.4. The third-order valence-corrected chi connectivity index (χ3v) is 2.26. The zero-order valence-corrected chi connectivity index (χ0v) is 10.3. The summed E-state index contributed by atoms with van der Waals surface area (Å²) >= 11 is 0. The monoisotopic (exact) mass is 265 g/mol. The second-order valence-electron chi connectivity index (χ2n) is 4.24. The van der Waals surface area contributed by atoms with E-state index in [2.05, 4.69) is 9.72 Å². The van der Waals surface area contributed by atoms with E-state index in [0.717, 1.165) is 5.82 Å². The first-order valence-corrected chi connectivity index (χ1v) is 5.78. The van der Waals surface area contributed by atoms with Gasteiger partial charge in [-0.05, 0) is 13.3 Å². The maximum atomic E-state index is 11.8. The molecule has 2 N–H and O–H groups in total. The van der Waals surface area contributed by atoms with Crippen molar-refractivity contribution in [3.8, 4) is 0 Å². The summed E-state index contributed by atoms with van der Waals surface area (Å²) in [6, 6.07) is 0.00706. The van der Waals surface area contributed by atoms with Crippen LogP contribution in [0.4, 0.5) is 13.2 Å². The Morgan fingerprint density at radius 3 is 2.83 bits per heavy atom. The van der Waals surface area contributed by atoms with E-state index in [0.29, 0.717) is 19.4 Å². The number of rotatable bonds is 7. The van der Waals surface area contributed by atoms with Gasteiger partial charge in [0, 0.05) is 38.0 Å². The lowest BCUT2D eigenvalue weighted by Gasteiger charge is -2.10. The van der Waals surface area contributed by atoms with Crippen LogP contribution in [0, 0.1) is 0 Å². The molecular formula is C11H18F3N3O. The van der Waals surface area contributed by atoms with Crippen molar-refractivity contribution in [2.24, 2.45) is 5.73 Å². The van der Waals surface area contributed by atoms with E-state index in [-0.39, 0.29) is 12.6 Å². The van der Waals surface area contributed by atoms with E-state index in [1.54, 1.807) is 12.4 Å². The molecule has 1 atom stereocenters. The van der Waals surface area contributed by atoms with E-state index in [4.69, 9.17) is 5.73 Å². The molecule has 104 valence electrons. The lowest BCUT2D eigenvalue weighted by Crippen LogP contribution is -2.21. The van der Waals surface area contributed by atoms with Gasteiger partial charge < -0.3 is 15.0 Å². The van der Waals surface area contributed by atoms with Crippen LogP contribution < -0.4 is 5.73 Å². The summed E-state index contributed by atoms with van der Waals surface area (Å²) in [6.45, 7) is 1.35. The van der Waals surface area contributed by atoms with Gasteiger partial charge in [-0.1, -0.05) is 0 Å². The van der Waals surface area contributed by atoms with Crippen LogP contribution in [0.2, 0.25) is 0 Å². The van der Waals surface area contributed by atoms with Crippen molar-refractivity contribution in [2.45, 2.75) is 38.5 Å². The molecule has 18 heavy (non-hydrogen) atoms. The quantitative estimate of drug-likeness (QED) is 0.764. The third kappa shape index (κ3) is 6.02. The number of nitrogens with zero attached hydrogens (tertiary/aromatic N) is 2. The minimum Gasteiger partial charge on any atom is -0.372 e. The second-order valence-corrected chi connectivity index (χ2v) is 4.24. The van der Waals surface area contributed by atoms with E-state index in [9.17, 15) is 13.2 Å². The Hall–Kier alpha value is -1.08. The number of aromatic nitrogens is 2. The Balaban J connectivity index is 2.25. The Kier molecular flexibility index (Phi) is 5.61. The molecule has 0 bridgehead atoms. The molecule has 0 saturated carbocycles. The molecule has 1 aromatic rings. The van der Waals surface area contributed by atoms with Gasteiger partial charge in [0.2, 0.25) is 0 Å². The van der Waals surface area contributed by atoms with Gasteiger partial charge in [-0.15, -0.1) is 0 Å². The topological polar surface area (TPSA) is 53.1 Å². The predicted octanol–water partition coefficient (Wildman–Crippen LogP) is 1.74. The molecule has 7 heteroatoms. The van der Waals surface area contributed by atoms with E-state index in [1.807, 2.05) is 11.5 Å². The van der Waals surface area contributed by atoms with E-state index < -0.39 is 12.8 Å². The normalized spacial score (nSPS) is 13.8. The average molecular weight is 265 g/mol. The lowest BCUT2D eigenvalue weighted by molar-refractivity contribution is -0.174. The highest BCUT2D eigenvalue weighted by Crippen LogP contribution is 2.14. The van der Waals surface area contributed by atoms with E-state index >= 15 is 0 Å². The first kappa shape index (κ1) is 15.0. The molecule has 0 aliphatic heterocycles. The SMILES string of the molecule is CC(N)Cc1nccn1CCCOCC(F)(F)F. The Morgan fingerprint density at radius 1 is 1.50 bits per heavy atom.